The number of carboxylic acids is 1. The summed E-state index contributed by atoms with van der Waals surface area (Å²) in [4.78, 5) is 33.0. The van der Waals surface area contributed by atoms with Crippen molar-refractivity contribution in [1.82, 2.24) is 5.32 Å². The molecule has 0 aliphatic rings. The van der Waals surface area contributed by atoms with Gasteiger partial charge in [0, 0.05) is 12.5 Å². The van der Waals surface area contributed by atoms with Gasteiger partial charge in [0.05, 0.1) is 0 Å². The summed E-state index contributed by atoms with van der Waals surface area (Å²) in [7, 11) is 0. The average Bonchev–Trinajstić information content (AvgIpc) is 2.34. The van der Waals surface area contributed by atoms with Gasteiger partial charge < -0.3 is 15.2 Å². The zero-order valence-corrected chi connectivity index (χ0v) is 9.75. The summed E-state index contributed by atoms with van der Waals surface area (Å²) in [5, 5.41) is 10.6. The van der Waals surface area contributed by atoms with Crippen LogP contribution in [0.5, 0.6) is 0 Å². The minimum Gasteiger partial charge on any atom is -0.480 e. The van der Waals surface area contributed by atoms with E-state index >= 15 is 0 Å². The van der Waals surface area contributed by atoms with Crippen molar-refractivity contribution in [3.05, 3.63) is 35.9 Å². The van der Waals surface area contributed by atoms with Crippen LogP contribution >= 0.6 is 0 Å². The number of esters is 1. The molecule has 18 heavy (non-hydrogen) atoms. The maximum Gasteiger partial charge on any atom is 0.322 e. The molecule has 0 saturated heterocycles. The third kappa shape index (κ3) is 4.25. The average molecular weight is 251 g/mol. The standard InChI is InChI=1S/C12H13NO5/c1-8(14)18-11(9-5-3-2-4-6-9)12(17)13-7-10(15)16/h2-6,11H,7H2,1H3,(H,13,17)(H,15,16). The Hall–Kier alpha value is -2.37. The summed E-state index contributed by atoms with van der Waals surface area (Å²) in [5.74, 6) is -2.45. The Morgan fingerprint density at radius 2 is 1.89 bits per heavy atom. The van der Waals surface area contributed by atoms with Crippen LogP contribution in [0.1, 0.15) is 18.6 Å². The van der Waals surface area contributed by atoms with Gasteiger partial charge in [0.15, 0.2) is 0 Å². The largest absolute Gasteiger partial charge is 0.480 e. The van der Waals surface area contributed by atoms with E-state index < -0.39 is 30.5 Å². The van der Waals surface area contributed by atoms with Gasteiger partial charge in [-0.1, -0.05) is 30.3 Å². The first-order valence-corrected chi connectivity index (χ1v) is 5.22. The first kappa shape index (κ1) is 13.7. The molecule has 0 aliphatic heterocycles. The predicted octanol–water partition coefficient (Wildman–Crippen LogP) is 0.492. The van der Waals surface area contributed by atoms with Crippen LogP contribution in [-0.4, -0.2) is 29.5 Å². The minimum absolute atomic E-state index is 0.482. The number of carboxylic acid groups (broad SMARTS) is 1. The summed E-state index contributed by atoms with van der Waals surface area (Å²) < 4.78 is 4.89. The van der Waals surface area contributed by atoms with Crippen molar-refractivity contribution in [2.75, 3.05) is 6.54 Å². The van der Waals surface area contributed by atoms with Gasteiger partial charge in [0.1, 0.15) is 6.54 Å². The highest BCUT2D eigenvalue weighted by Gasteiger charge is 2.23. The van der Waals surface area contributed by atoms with Crippen LogP contribution < -0.4 is 5.32 Å². The number of aliphatic carboxylic acids is 1. The van der Waals surface area contributed by atoms with E-state index in [9.17, 15) is 14.4 Å². The van der Waals surface area contributed by atoms with Crippen LogP contribution in [0.15, 0.2) is 30.3 Å². The second kappa shape index (κ2) is 6.39. The van der Waals surface area contributed by atoms with Crippen LogP contribution in [0, 0.1) is 0 Å². The second-order valence-corrected chi connectivity index (χ2v) is 3.51. The lowest BCUT2D eigenvalue weighted by Gasteiger charge is -2.16. The van der Waals surface area contributed by atoms with Crippen molar-refractivity contribution in [3.63, 3.8) is 0 Å². The molecule has 6 heteroatoms. The van der Waals surface area contributed by atoms with E-state index in [1.807, 2.05) is 0 Å². The van der Waals surface area contributed by atoms with Gasteiger partial charge >= 0.3 is 11.9 Å². The van der Waals surface area contributed by atoms with E-state index in [0.717, 1.165) is 0 Å². The Bertz CT molecular complexity index is 443. The fraction of sp³-hybridized carbons (Fsp3) is 0.250. The maximum absolute atomic E-state index is 11.7. The van der Waals surface area contributed by atoms with Crippen LogP contribution in [0.2, 0.25) is 0 Å². The molecule has 1 amide bonds. The number of hydrogen-bond donors (Lipinski definition) is 2. The molecule has 0 aromatic heterocycles. The molecule has 0 spiro atoms. The number of rotatable bonds is 5. The van der Waals surface area contributed by atoms with E-state index in [2.05, 4.69) is 5.32 Å². The van der Waals surface area contributed by atoms with Gasteiger partial charge in [-0.05, 0) is 0 Å². The lowest BCUT2D eigenvalue weighted by Crippen LogP contribution is -2.35. The third-order valence-corrected chi connectivity index (χ3v) is 2.04. The molecule has 6 nitrogen and oxygen atoms in total. The zero-order valence-electron chi connectivity index (χ0n) is 9.75. The maximum atomic E-state index is 11.7. The first-order chi connectivity index (χ1) is 8.50. The third-order valence-electron chi connectivity index (χ3n) is 2.04. The molecule has 2 N–H and O–H groups in total. The van der Waals surface area contributed by atoms with Crippen molar-refractivity contribution in [2.45, 2.75) is 13.0 Å². The molecule has 1 aromatic rings. The molecule has 1 unspecified atom stereocenters. The lowest BCUT2D eigenvalue weighted by atomic mass is 10.1. The summed E-state index contributed by atoms with van der Waals surface area (Å²) in [6.07, 6.45) is -1.14. The molecule has 0 bridgehead atoms. The van der Waals surface area contributed by atoms with Crippen molar-refractivity contribution in [2.24, 2.45) is 0 Å². The fourth-order valence-electron chi connectivity index (χ4n) is 1.32. The van der Waals surface area contributed by atoms with Gasteiger partial charge in [-0.15, -0.1) is 0 Å². The van der Waals surface area contributed by atoms with Gasteiger partial charge in [-0.3, -0.25) is 14.4 Å². The van der Waals surface area contributed by atoms with Gasteiger partial charge in [-0.2, -0.15) is 0 Å². The summed E-state index contributed by atoms with van der Waals surface area (Å²) in [6.45, 7) is 0.657. The zero-order chi connectivity index (χ0) is 13.5. The Balaban J connectivity index is 2.81. The van der Waals surface area contributed by atoms with Crippen molar-refractivity contribution < 1.29 is 24.2 Å². The Morgan fingerprint density at radius 3 is 2.39 bits per heavy atom. The Kier molecular flexibility index (Phi) is 4.86. The van der Waals surface area contributed by atoms with Crippen LogP contribution in [0.25, 0.3) is 0 Å². The molecule has 0 radical (unpaired) electrons. The lowest BCUT2D eigenvalue weighted by molar-refractivity contribution is -0.154. The highest BCUT2D eigenvalue weighted by molar-refractivity contribution is 5.87. The molecule has 0 fully saturated rings. The fourth-order valence-corrected chi connectivity index (χ4v) is 1.32. The Morgan fingerprint density at radius 1 is 1.28 bits per heavy atom. The van der Waals surface area contributed by atoms with E-state index in [0.29, 0.717) is 5.56 Å². The highest BCUT2D eigenvalue weighted by atomic mass is 16.5. The normalized spacial score (nSPS) is 11.4. The number of amides is 1. The molecule has 0 saturated carbocycles. The van der Waals surface area contributed by atoms with E-state index in [4.69, 9.17) is 9.84 Å². The molecule has 96 valence electrons. The SMILES string of the molecule is CC(=O)OC(C(=O)NCC(=O)O)c1ccccc1. The molecule has 1 aromatic carbocycles. The summed E-state index contributed by atoms with van der Waals surface area (Å²) in [6, 6.07) is 8.37. The van der Waals surface area contributed by atoms with E-state index in [-0.39, 0.29) is 0 Å². The predicted molar refractivity (Wildman–Crippen MR) is 61.6 cm³/mol. The second-order valence-electron chi connectivity index (χ2n) is 3.51. The molecule has 0 heterocycles. The van der Waals surface area contributed by atoms with Crippen LogP contribution in [0.4, 0.5) is 0 Å². The van der Waals surface area contributed by atoms with Crippen LogP contribution in [0.3, 0.4) is 0 Å². The number of carbonyl (C=O) groups excluding carboxylic acids is 2. The van der Waals surface area contributed by atoms with E-state index in [1.165, 1.54) is 6.92 Å². The van der Waals surface area contributed by atoms with Gasteiger partial charge in [0.2, 0.25) is 6.10 Å². The monoisotopic (exact) mass is 251 g/mol. The summed E-state index contributed by atoms with van der Waals surface area (Å²) in [5.41, 5.74) is 0.482. The van der Waals surface area contributed by atoms with Gasteiger partial charge in [-0.25, -0.2) is 0 Å². The number of benzene rings is 1. The first-order valence-electron chi connectivity index (χ1n) is 5.22. The number of hydrogen-bond acceptors (Lipinski definition) is 4. The number of nitrogens with one attached hydrogen (secondary N) is 1. The number of ether oxygens (including phenoxy) is 1. The Labute approximate surface area is 104 Å². The van der Waals surface area contributed by atoms with Crippen LogP contribution in [-0.2, 0) is 19.1 Å². The quantitative estimate of drug-likeness (QED) is 0.743. The molecule has 1 rings (SSSR count). The molecule has 0 aliphatic carbocycles. The van der Waals surface area contributed by atoms with Crippen molar-refractivity contribution in [1.29, 1.82) is 0 Å². The molecular weight excluding hydrogens is 238 g/mol. The van der Waals surface area contributed by atoms with Crippen molar-refractivity contribution in [3.8, 4) is 0 Å². The van der Waals surface area contributed by atoms with E-state index in [1.54, 1.807) is 30.3 Å². The van der Waals surface area contributed by atoms with Crippen molar-refractivity contribution >= 4 is 17.8 Å². The smallest absolute Gasteiger partial charge is 0.322 e. The molecule has 1 atom stereocenters. The molecular formula is C12H13NO5. The minimum atomic E-state index is -1.17. The topological polar surface area (TPSA) is 92.7 Å². The highest BCUT2D eigenvalue weighted by Crippen LogP contribution is 2.17. The number of carbonyl (C=O) groups is 3. The van der Waals surface area contributed by atoms with Gasteiger partial charge in [0.25, 0.3) is 5.91 Å². The summed E-state index contributed by atoms with van der Waals surface area (Å²) >= 11 is 0.